The van der Waals surface area contributed by atoms with Crippen LogP contribution in [0.5, 0.6) is 0 Å². The van der Waals surface area contributed by atoms with Gasteiger partial charge in [-0.3, -0.25) is 19.0 Å². The number of ketones is 1. The van der Waals surface area contributed by atoms with Gasteiger partial charge in [0, 0.05) is 23.4 Å². The molecular weight excluding hydrogens is 426 g/mol. The standard InChI is InChI=1S/C23H19N5O3S/c1-14(29)15-6-5-7-16(10-15)25-20(30)11-18-13-32-23-26-21-19(22(31)27(18)23)12-24-28(21)17-8-3-2-4-9-17/h2-10,12,18H,11,13H2,1H3,(H,25,30). The number of nitrogens with one attached hydrogen (secondary N) is 1. The van der Waals surface area contributed by atoms with E-state index < -0.39 is 0 Å². The fraction of sp³-hybridized carbons (Fsp3) is 0.174. The maximum Gasteiger partial charge on any atom is 0.265 e. The Morgan fingerprint density at radius 1 is 1.16 bits per heavy atom. The molecule has 1 amide bonds. The van der Waals surface area contributed by atoms with E-state index in [0.717, 1.165) is 5.69 Å². The lowest BCUT2D eigenvalue weighted by molar-refractivity contribution is -0.116. The molecule has 8 nitrogen and oxygen atoms in total. The Kier molecular flexibility index (Phi) is 5.10. The highest BCUT2D eigenvalue weighted by Gasteiger charge is 2.29. The van der Waals surface area contributed by atoms with Gasteiger partial charge in [-0.2, -0.15) is 5.10 Å². The maximum atomic E-state index is 13.2. The summed E-state index contributed by atoms with van der Waals surface area (Å²) in [6.07, 6.45) is 1.66. The summed E-state index contributed by atoms with van der Waals surface area (Å²) in [5.74, 6) is 0.283. The molecule has 0 spiro atoms. The first-order valence-electron chi connectivity index (χ1n) is 10.1. The molecule has 0 saturated heterocycles. The minimum absolute atomic E-state index is 0.0695. The van der Waals surface area contributed by atoms with Crippen molar-refractivity contribution in [3.05, 3.63) is 76.7 Å². The van der Waals surface area contributed by atoms with Crippen molar-refractivity contribution in [3.8, 4) is 5.69 Å². The second kappa shape index (κ2) is 8.08. The molecule has 1 unspecified atom stereocenters. The lowest BCUT2D eigenvalue weighted by atomic mass is 10.1. The molecule has 2 aromatic carbocycles. The van der Waals surface area contributed by atoms with Gasteiger partial charge >= 0.3 is 0 Å². The van der Waals surface area contributed by atoms with E-state index in [2.05, 4.69) is 15.4 Å². The van der Waals surface area contributed by atoms with E-state index in [9.17, 15) is 14.4 Å². The average Bonchev–Trinajstić information content (AvgIpc) is 3.39. The molecule has 4 aromatic rings. The summed E-state index contributed by atoms with van der Waals surface area (Å²) in [6, 6.07) is 16.0. The number of amides is 1. The molecule has 160 valence electrons. The van der Waals surface area contributed by atoms with Crippen molar-refractivity contribution in [2.75, 3.05) is 11.1 Å². The molecule has 1 atom stereocenters. The van der Waals surface area contributed by atoms with Crippen LogP contribution in [0.25, 0.3) is 16.7 Å². The first kappa shape index (κ1) is 20.2. The van der Waals surface area contributed by atoms with Crippen LogP contribution >= 0.6 is 11.8 Å². The van der Waals surface area contributed by atoms with Crippen molar-refractivity contribution in [2.24, 2.45) is 0 Å². The van der Waals surface area contributed by atoms with Crippen molar-refractivity contribution in [1.29, 1.82) is 0 Å². The van der Waals surface area contributed by atoms with Gasteiger partial charge in [-0.15, -0.1) is 0 Å². The zero-order valence-corrected chi connectivity index (χ0v) is 18.0. The van der Waals surface area contributed by atoms with Crippen molar-refractivity contribution >= 4 is 40.2 Å². The third kappa shape index (κ3) is 3.60. The van der Waals surface area contributed by atoms with Crippen molar-refractivity contribution < 1.29 is 9.59 Å². The number of anilines is 1. The summed E-state index contributed by atoms with van der Waals surface area (Å²) in [4.78, 5) is 42.1. The molecule has 0 saturated carbocycles. The molecule has 9 heteroatoms. The maximum absolute atomic E-state index is 13.2. The number of fused-ring (bicyclic) bond motifs is 2. The van der Waals surface area contributed by atoms with Crippen molar-refractivity contribution in [2.45, 2.75) is 24.5 Å². The average molecular weight is 446 g/mol. The number of nitrogens with zero attached hydrogens (tertiary/aromatic N) is 4. The number of thioether (sulfide) groups is 1. The molecule has 0 fully saturated rings. The number of hydrogen-bond donors (Lipinski definition) is 1. The predicted octanol–water partition coefficient (Wildman–Crippen LogP) is 3.46. The molecule has 1 N–H and O–H groups in total. The van der Waals surface area contributed by atoms with Gasteiger partial charge in [-0.1, -0.05) is 42.1 Å². The Hall–Kier alpha value is -3.72. The molecule has 0 bridgehead atoms. The van der Waals surface area contributed by atoms with Gasteiger partial charge in [0.05, 0.1) is 17.9 Å². The summed E-state index contributed by atoms with van der Waals surface area (Å²) in [5.41, 5.74) is 2.21. The first-order chi connectivity index (χ1) is 15.5. The SMILES string of the molecule is CC(=O)c1cccc(NC(=O)CC2CSc3nc4c(cnn4-c4ccccc4)c(=O)n32)c1. The summed E-state index contributed by atoms with van der Waals surface area (Å²) < 4.78 is 3.25. The second-order valence-electron chi connectivity index (χ2n) is 7.55. The normalized spacial score (nSPS) is 15.0. The van der Waals surface area contributed by atoms with E-state index >= 15 is 0 Å². The Morgan fingerprint density at radius 2 is 1.97 bits per heavy atom. The van der Waals surface area contributed by atoms with Gasteiger partial charge in [0.15, 0.2) is 16.6 Å². The van der Waals surface area contributed by atoms with Crippen LogP contribution in [0.3, 0.4) is 0 Å². The Labute approximate surface area is 187 Å². The largest absolute Gasteiger partial charge is 0.326 e. The molecule has 32 heavy (non-hydrogen) atoms. The van der Waals surface area contributed by atoms with Crippen LogP contribution in [-0.4, -0.2) is 36.8 Å². The predicted molar refractivity (Wildman–Crippen MR) is 123 cm³/mol. The van der Waals surface area contributed by atoms with Crippen LogP contribution < -0.4 is 10.9 Å². The quantitative estimate of drug-likeness (QED) is 0.373. The van der Waals surface area contributed by atoms with E-state index in [1.807, 2.05) is 30.3 Å². The zero-order chi connectivity index (χ0) is 22.2. The van der Waals surface area contributed by atoms with Gasteiger partial charge in [0.1, 0.15) is 5.39 Å². The smallest absolute Gasteiger partial charge is 0.265 e. The van der Waals surface area contributed by atoms with E-state index in [1.54, 1.807) is 33.5 Å². The zero-order valence-electron chi connectivity index (χ0n) is 17.2. The molecule has 3 heterocycles. The minimum atomic E-state index is -0.310. The number of Topliss-reactive ketones (excluding diaryl/α,β-unsaturated/α-hetero) is 1. The summed E-state index contributed by atoms with van der Waals surface area (Å²) in [7, 11) is 0. The van der Waals surface area contributed by atoms with Crippen LogP contribution in [0.1, 0.15) is 29.7 Å². The number of carbonyl (C=O) groups excluding carboxylic acids is 2. The second-order valence-corrected chi connectivity index (χ2v) is 8.54. The van der Waals surface area contributed by atoms with Gasteiger partial charge in [0.25, 0.3) is 5.56 Å². The summed E-state index contributed by atoms with van der Waals surface area (Å²) in [5, 5.41) is 8.18. The summed E-state index contributed by atoms with van der Waals surface area (Å²) >= 11 is 1.45. The molecule has 1 aliphatic heterocycles. The Bertz CT molecular complexity index is 1410. The van der Waals surface area contributed by atoms with E-state index in [1.165, 1.54) is 24.9 Å². The van der Waals surface area contributed by atoms with Gasteiger partial charge < -0.3 is 5.32 Å². The first-order valence-corrected chi connectivity index (χ1v) is 11.1. The van der Waals surface area contributed by atoms with Gasteiger partial charge in [-0.25, -0.2) is 9.67 Å². The molecule has 1 aliphatic rings. The van der Waals surface area contributed by atoms with Crippen LogP contribution in [-0.2, 0) is 4.79 Å². The van der Waals surface area contributed by atoms with Crippen LogP contribution in [0, 0.1) is 0 Å². The lowest BCUT2D eigenvalue weighted by Gasteiger charge is -2.14. The van der Waals surface area contributed by atoms with Gasteiger partial charge in [0.2, 0.25) is 5.91 Å². The highest BCUT2D eigenvalue weighted by molar-refractivity contribution is 7.99. The number of aromatic nitrogens is 4. The molecule has 0 aliphatic carbocycles. The molecule has 2 aromatic heterocycles. The van der Waals surface area contributed by atoms with E-state index in [4.69, 9.17) is 0 Å². The monoisotopic (exact) mass is 445 g/mol. The lowest BCUT2D eigenvalue weighted by Crippen LogP contribution is -2.27. The van der Waals surface area contributed by atoms with E-state index in [0.29, 0.717) is 33.2 Å². The van der Waals surface area contributed by atoms with E-state index in [-0.39, 0.29) is 29.7 Å². The Morgan fingerprint density at radius 3 is 2.75 bits per heavy atom. The van der Waals surface area contributed by atoms with Crippen LogP contribution in [0.4, 0.5) is 5.69 Å². The van der Waals surface area contributed by atoms with Crippen LogP contribution in [0.15, 0.2) is 70.7 Å². The minimum Gasteiger partial charge on any atom is -0.326 e. The molecular formula is C23H19N5O3S. The third-order valence-electron chi connectivity index (χ3n) is 5.35. The van der Waals surface area contributed by atoms with Gasteiger partial charge in [-0.05, 0) is 31.2 Å². The number of carbonyl (C=O) groups is 2. The number of para-hydroxylation sites is 1. The van der Waals surface area contributed by atoms with Crippen molar-refractivity contribution in [1.82, 2.24) is 19.3 Å². The molecule has 5 rings (SSSR count). The summed E-state index contributed by atoms with van der Waals surface area (Å²) in [6.45, 7) is 1.48. The highest BCUT2D eigenvalue weighted by Crippen LogP contribution is 2.33. The fourth-order valence-corrected chi connectivity index (χ4v) is 4.91. The molecule has 0 radical (unpaired) electrons. The topological polar surface area (TPSA) is 98.9 Å². The Balaban J connectivity index is 1.41. The highest BCUT2D eigenvalue weighted by atomic mass is 32.2. The fourth-order valence-electron chi connectivity index (χ4n) is 3.78. The van der Waals surface area contributed by atoms with Crippen LogP contribution in [0.2, 0.25) is 0 Å². The van der Waals surface area contributed by atoms with Crippen molar-refractivity contribution in [3.63, 3.8) is 0 Å². The number of rotatable bonds is 5. The third-order valence-corrected chi connectivity index (χ3v) is 6.44. The number of hydrogen-bond acceptors (Lipinski definition) is 6. The number of benzene rings is 2.